The van der Waals surface area contributed by atoms with Crippen molar-refractivity contribution < 1.29 is 0 Å². The third-order valence-electron chi connectivity index (χ3n) is 4.82. The fraction of sp³-hybridized carbons (Fsp3) is 0.250. The molecule has 5 rings (SSSR count). The van der Waals surface area contributed by atoms with E-state index in [1.54, 1.807) is 17.7 Å². The molecule has 4 nitrogen and oxygen atoms in total. The molecule has 0 unspecified atom stereocenters. The number of piperidine rings is 1. The van der Waals surface area contributed by atoms with Crippen LogP contribution in [0.2, 0.25) is 0 Å². The summed E-state index contributed by atoms with van der Waals surface area (Å²) in [6, 6.07) is 14.6. The van der Waals surface area contributed by atoms with Gasteiger partial charge in [0.25, 0.3) is 0 Å². The van der Waals surface area contributed by atoms with Crippen LogP contribution in [0.5, 0.6) is 0 Å². The second-order valence-corrected chi connectivity index (χ2v) is 7.44. The number of hydrogen-bond donors (Lipinski definition) is 0. The molecule has 1 aliphatic rings. The lowest BCUT2D eigenvalue weighted by atomic mass is 10.1. The predicted molar refractivity (Wildman–Crippen MR) is 104 cm³/mol. The van der Waals surface area contributed by atoms with Crippen molar-refractivity contribution in [3.63, 3.8) is 0 Å². The Morgan fingerprint density at radius 3 is 2.56 bits per heavy atom. The van der Waals surface area contributed by atoms with Gasteiger partial charge in [-0.05, 0) is 31.4 Å². The second-order valence-electron chi connectivity index (χ2n) is 6.44. The van der Waals surface area contributed by atoms with Gasteiger partial charge in [0.15, 0.2) is 0 Å². The van der Waals surface area contributed by atoms with Crippen LogP contribution in [-0.4, -0.2) is 28.0 Å². The number of rotatable bonds is 2. The summed E-state index contributed by atoms with van der Waals surface area (Å²) in [6.07, 6.45) is 5.50. The lowest BCUT2D eigenvalue weighted by molar-refractivity contribution is 0.575. The molecule has 1 saturated heterocycles. The number of anilines is 1. The normalized spacial score (nSPS) is 15.1. The van der Waals surface area contributed by atoms with Crippen LogP contribution in [0, 0.1) is 0 Å². The summed E-state index contributed by atoms with van der Waals surface area (Å²) < 4.78 is 1.16. The van der Waals surface area contributed by atoms with Crippen LogP contribution < -0.4 is 4.90 Å². The zero-order valence-corrected chi connectivity index (χ0v) is 14.7. The Balaban J connectivity index is 1.67. The van der Waals surface area contributed by atoms with Crippen molar-refractivity contribution in [1.82, 2.24) is 15.0 Å². The maximum Gasteiger partial charge on any atom is 0.150 e. The van der Waals surface area contributed by atoms with Gasteiger partial charge in [0.05, 0.1) is 15.9 Å². The quantitative estimate of drug-likeness (QED) is 0.518. The molecule has 1 aromatic carbocycles. The lowest BCUT2D eigenvalue weighted by Crippen LogP contribution is -2.30. The molecule has 4 heterocycles. The monoisotopic (exact) mass is 346 g/mol. The molecule has 0 aliphatic carbocycles. The number of nitrogens with zero attached hydrogens (tertiary/aromatic N) is 4. The van der Waals surface area contributed by atoms with Crippen molar-refractivity contribution in [2.24, 2.45) is 0 Å². The van der Waals surface area contributed by atoms with E-state index in [-0.39, 0.29) is 0 Å². The van der Waals surface area contributed by atoms with Gasteiger partial charge in [0.1, 0.15) is 17.0 Å². The number of benzene rings is 1. The molecular formula is C20H18N4S. The topological polar surface area (TPSA) is 41.9 Å². The third kappa shape index (κ3) is 2.55. The average molecular weight is 346 g/mol. The summed E-state index contributed by atoms with van der Waals surface area (Å²) in [4.78, 5) is 17.5. The first-order chi connectivity index (χ1) is 12.4. The number of pyridine rings is 1. The molecule has 1 fully saturated rings. The van der Waals surface area contributed by atoms with Crippen LogP contribution in [0.4, 0.5) is 5.82 Å². The lowest BCUT2D eigenvalue weighted by Gasteiger charge is -2.27. The summed E-state index contributed by atoms with van der Waals surface area (Å²) in [7, 11) is 0. The molecule has 1 aliphatic heterocycles. The molecule has 25 heavy (non-hydrogen) atoms. The van der Waals surface area contributed by atoms with Crippen molar-refractivity contribution in [1.29, 1.82) is 0 Å². The van der Waals surface area contributed by atoms with E-state index in [1.165, 1.54) is 19.3 Å². The molecule has 0 radical (unpaired) electrons. The Morgan fingerprint density at radius 1 is 0.880 bits per heavy atom. The van der Waals surface area contributed by atoms with Crippen LogP contribution in [-0.2, 0) is 0 Å². The fourth-order valence-corrected chi connectivity index (χ4v) is 4.69. The molecule has 0 N–H and O–H groups in total. The summed E-state index contributed by atoms with van der Waals surface area (Å²) in [5.74, 6) is 1.08. The van der Waals surface area contributed by atoms with Gasteiger partial charge < -0.3 is 4.90 Å². The number of hydrogen-bond acceptors (Lipinski definition) is 5. The van der Waals surface area contributed by atoms with Crippen molar-refractivity contribution in [3.8, 4) is 11.3 Å². The molecular weight excluding hydrogens is 328 g/mol. The fourth-order valence-electron chi connectivity index (χ4n) is 3.55. The van der Waals surface area contributed by atoms with Gasteiger partial charge in [-0.25, -0.2) is 15.0 Å². The van der Waals surface area contributed by atoms with Crippen LogP contribution in [0.3, 0.4) is 0 Å². The Kier molecular flexibility index (Phi) is 3.59. The first-order valence-corrected chi connectivity index (χ1v) is 9.56. The number of thiophene rings is 1. The van der Waals surface area contributed by atoms with Crippen LogP contribution >= 0.6 is 11.3 Å². The highest BCUT2D eigenvalue weighted by molar-refractivity contribution is 7.25. The first-order valence-electron chi connectivity index (χ1n) is 8.75. The van der Waals surface area contributed by atoms with Crippen molar-refractivity contribution in [3.05, 3.63) is 48.8 Å². The molecule has 0 amide bonds. The molecule has 3 aromatic heterocycles. The number of aromatic nitrogens is 3. The molecule has 124 valence electrons. The van der Waals surface area contributed by atoms with Crippen molar-refractivity contribution >= 4 is 37.6 Å². The van der Waals surface area contributed by atoms with Gasteiger partial charge in [-0.1, -0.05) is 30.3 Å². The Bertz CT molecular complexity index is 1040. The van der Waals surface area contributed by atoms with Gasteiger partial charge in [-0.15, -0.1) is 11.3 Å². The van der Waals surface area contributed by atoms with Crippen LogP contribution in [0.15, 0.2) is 48.8 Å². The number of fused-ring (bicyclic) bond motifs is 3. The maximum atomic E-state index is 4.90. The maximum absolute atomic E-state index is 4.90. The highest BCUT2D eigenvalue weighted by Crippen LogP contribution is 2.37. The SMILES string of the molecule is c1ccc(-c2ccc3c(n2)sc2c(N4CCCCC4)ncnc23)cc1. The predicted octanol–water partition coefficient (Wildman–Crippen LogP) is 4.90. The van der Waals surface area contributed by atoms with Gasteiger partial charge >= 0.3 is 0 Å². The summed E-state index contributed by atoms with van der Waals surface area (Å²) in [6.45, 7) is 2.17. The van der Waals surface area contributed by atoms with Gasteiger partial charge in [0.2, 0.25) is 0 Å². The summed E-state index contributed by atoms with van der Waals surface area (Å²) in [5, 5.41) is 1.13. The Hall–Kier alpha value is -2.53. The minimum Gasteiger partial charge on any atom is -0.355 e. The van der Waals surface area contributed by atoms with Crippen molar-refractivity contribution in [2.75, 3.05) is 18.0 Å². The van der Waals surface area contributed by atoms with E-state index < -0.39 is 0 Å². The van der Waals surface area contributed by atoms with Gasteiger partial charge in [-0.2, -0.15) is 0 Å². The molecule has 4 aromatic rings. The minimum atomic E-state index is 1.01. The first kappa shape index (κ1) is 14.8. The standard InChI is InChI=1S/C20H18N4S/c1-3-7-14(8-4-1)16-10-9-15-17-18(25-20(15)23-16)19(22-13-21-17)24-11-5-2-6-12-24/h1,3-4,7-10,13H,2,5-6,11-12H2. The smallest absolute Gasteiger partial charge is 0.150 e. The third-order valence-corrected chi connectivity index (χ3v) is 5.91. The Labute approximate surface area is 150 Å². The Morgan fingerprint density at radius 2 is 1.72 bits per heavy atom. The minimum absolute atomic E-state index is 1.01. The highest BCUT2D eigenvalue weighted by atomic mass is 32.1. The van der Waals surface area contributed by atoms with E-state index >= 15 is 0 Å². The zero-order chi connectivity index (χ0) is 16.6. The van der Waals surface area contributed by atoms with Gasteiger partial charge in [0, 0.05) is 24.0 Å². The van der Waals surface area contributed by atoms with E-state index in [0.29, 0.717) is 0 Å². The van der Waals surface area contributed by atoms with E-state index in [4.69, 9.17) is 4.98 Å². The molecule has 0 spiro atoms. The van der Waals surface area contributed by atoms with Gasteiger partial charge in [-0.3, -0.25) is 0 Å². The van der Waals surface area contributed by atoms with E-state index in [9.17, 15) is 0 Å². The molecule has 5 heteroatoms. The van der Waals surface area contributed by atoms with E-state index in [0.717, 1.165) is 50.6 Å². The highest BCUT2D eigenvalue weighted by Gasteiger charge is 2.19. The molecule has 0 atom stereocenters. The van der Waals surface area contributed by atoms with Crippen LogP contribution in [0.1, 0.15) is 19.3 Å². The van der Waals surface area contributed by atoms with E-state index in [2.05, 4.69) is 39.1 Å². The zero-order valence-electron chi connectivity index (χ0n) is 13.9. The van der Waals surface area contributed by atoms with E-state index in [1.807, 2.05) is 18.2 Å². The average Bonchev–Trinajstić information content (AvgIpc) is 3.07. The largest absolute Gasteiger partial charge is 0.355 e. The van der Waals surface area contributed by atoms with Crippen LogP contribution in [0.25, 0.3) is 31.7 Å². The molecule has 0 bridgehead atoms. The summed E-state index contributed by atoms with van der Waals surface area (Å²) in [5.41, 5.74) is 3.18. The second kappa shape index (κ2) is 6.08. The molecule has 0 saturated carbocycles. The van der Waals surface area contributed by atoms with Crippen molar-refractivity contribution in [2.45, 2.75) is 19.3 Å². The summed E-state index contributed by atoms with van der Waals surface area (Å²) >= 11 is 1.71.